The van der Waals surface area contributed by atoms with Crippen LogP contribution in [0.25, 0.3) is 6.08 Å². The van der Waals surface area contributed by atoms with E-state index in [9.17, 15) is 4.79 Å². The molecule has 0 spiro atoms. The molecule has 0 aromatic heterocycles. The van der Waals surface area contributed by atoms with Crippen LogP contribution in [0, 0.1) is 0 Å². The number of nitrogens with one attached hydrogen (secondary N) is 2. The molecule has 2 heterocycles. The zero-order valence-electron chi connectivity index (χ0n) is 19.9. The van der Waals surface area contributed by atoms with Crippen LogP contribution in [0.3, 0.4) is 0 Å². The van der Waals surface area contributed by atoms with E-state index in [2.05, 4.69) is 34.9 Å². The highest BCUT2D eigenvalue weighted by Gasteiger charge is 2.52. The maximum atomic E-state index is 12.4. The highest BCUT2D eigenvalue weighted by atomic mass is 16.7. The number of fused-ring (bicyclic) bond motifs is 1. The van der Waals surface area contributed by atoms with Gasteiger partial charge in [0.15, 0.2) is 0 Å². The first-order valence-corrected chi connectivity index (χ1v) is 11.6. The number of hydrogen-bond acceptors (Lipinski definition) is 5. The zero-order valence-corrected chi connectivity index (χ0v) is 19.9. The Hall–Kier alpha value is -2.61. The maximum Gasteiger partial charge on any atom is 0.492 e. The Morgan fingerprint density at radius 2 is 1.82 bits per heavy atom. The molecule has 2 aromatic carbocycles. The molecular formula is C26H33BN2O4. The van der Waals surface area contributed by atoms with E-state index in [1.807, 2.05) is 58.0 Å². The summed E-state index contributed by atoms with van der Waals surface area (Å²) in [6.45, 7) is 10.4. The van der Waals surface area contributed by atoms with Crippen molar-refractivity contribution < 1.29 is 18.8 Å². The predicted octanol–water partition coefficient (Wildman–Crippen LogP) is 4.27. The summed E-state index contributed by atoms with van der Waals surface area (Å²) in [5, 5.41) is 6.31. The molecular weight excluding hydrogens is 415 g/mol. The number of hydrogen-bond donors (Lipinski definition) is 2. The van der Waals surface area contributed by atoms with Crippen LogP contribution in [0.5, 0.6) is 0 Å². The van der Waals surface area contributed by atoms with Crippen LogP contribution in [0.1, 0.15) is 49.9 Å². The fraction of sp³-hybridized carbons (Fsp3) is 0.423. The fourth-order valence-electron chi connectivity index (χ4n) is 4.04. The molecule has 0 radical (unpaired) electrons. The van der Waals surface area contributed by atoms with E-state index in [1.54, 1.807) is 0 Å². The lowest BCUT2D eigenvalue weighted by atomic mass is 9.76. The summed E-state index contributed by atoms with van der Waals surface area (Å²) in [7, 11) is -0.554. The second kappa shape index (κ2) is 9.71. The summed E-state index contributed by atoms with van der Waals surface area (Å²) in [5.74, 6) is 0. The van der Waals surface area contributed by atoms with Crippen LogP contribution in [-0.4, -0.2) is 37.5 Å². The number of carbonyl (C=O) groups excluding carboxylic acids is 1. The third kappa shape index (κ3) is 5.49. The first-order valence-electron chi connectivity index (χ1n) is 11.6. The Kier molecular flexibility index (Phi) is 6.93. The van der Waals surface area contributed by atoms with E-state index in [1.165, 1.54) is 11.1 Å². The van der Waals surface area contributed by atoms with Gasteiger partial charge in [-0.25, -0.2) is 4.79 Å². The van der Waals surface area contributed by atoms with Crippen LogP contribution in [0.15, 0.2) is 54.0 Å². The molecule has 4 rings (SSSR count). The smallest absolute Gasteiger partial charge is 0.445 e. The average Bonchev–Trinajstić information content (AvgIpc) is 3.02. The maximum absolute atomic E-state index is 12.4. The standard InChI is InChI=1S/C26H33BN2O4/c1-25(2)26(3,4)33-27(32-25)22(15-20-11-8-12-21-16-28-14-13-23(20)21)17-29-24(30)31-18-19-9-6-5-7-10-19/h5-12,15,28H,13-14,16-18H2,1-4H3,(H,29,30). The number of ether oxygens (including phenoxy) is 1. The van der Waals surface area contributed by atoms with Crippen molar-refractivity contribution in [3.05, 3.63) is 76.3 Å². The Morgan fingerprint density at radius 1 is 1.09 bits per heavy atom. The van der Waals surface area contributed by atoms with Gasteiger partial charge < -0.3 is 24.7 Å². The van der Waals surface area contributed by atoms with Crippen molar-refractivity contribution in [3.63, 3.8) is 0 Å². The monoisotopic (exact) mass is 448 g/mol. The van der Waals surface area contributed by atoms with Gasteiger partial charge in [0.25, 0.3) is 0 Å². The number of rotatable bonds is 6. The Morgan fingerprint density at radius 3 is 2.55 bits per heavy atom. The van der Waals surface area contributed by atoms with Gasteiger partial charge in [-0.2, -0.15) is 0 Å². The topological polar surface area (TPSA) is 68.8 Å². The Bertz CT molecular complexity index is 1000. The molecule has 0 bridgehead atoms. The van der Waals surface area contributed by atoms with Crippen LogP contribution in [0.2, 0.25) is 0 Å². The summed E-state index contributed by atoms with van der Waals surface area (Å²) >= 11 is 0. The quantitative estimate of drug-likeness (QED) is 0.646. The van der Waals surface area contributed by atoms with Gasteiger partial charge in [-0.05, 0) is 68.4 Å². The van der Waals surface area contributed by atoms with E-state index in [-0.39, 0.29) is 13.2 Å². The number of alkyl carbamates (subject to hydrolysis) is 1. The minimum absolute atomic E-state index is 0.224. The van der Waals surface area contributed by atoms with Crippen molar-refractivity contribution in [2.24, 2.45) is 0 Å². The summed E-state index contributed by atoms with van der Waals surface area (Å²) in [5.41, 5.74) is 4.64. The summed E-state index contributed by atoms with van der Waals surface area (Å²) in [4.78, 5) is 12.4. The predicted molar refractivity (Wildman–Crippen MR) is 131 cm³/mol. The first kappa shape index (κ1) is 23.5. The molecule has 33 heavy (non-hydrogen) atoms. The highest BCUT2D eigenvalue weighted by Crippen LogP contribution is 2.39. The lowest BCUT2D eigenvalue weighted by Gasteiger charge is -2.32. The van der Waals surface area contributed by atoms with Crippen molar-refractivity contribution in [1.82, 2.24) is 10.6 Å². The van der Waals surface area contributed by atoms with Gasteiger partial charge in [0.05, 0.1) is 11.2 Å². The molecule has 7 heteroatoms. The van der Waals surface area contributed by atoms with Crippen molar-refractivity contribution in [2.45, 2.75) is 58.5 Å². The number of benzene rings is 2. The van der Waals surface area contributed by atoms with Gasteiger partial charge in [0, 0.05) is 13.1 Å². The fourth-order valence-corrected chi connectivity index (χ4v) is 4.04. The molecule has 2 aliphatic rings. The van der Waals surface area contributed by atoms with Crippen molar-refractivity contribution in [3.8, 4) is 0 Å². The Balaban J connectivity index is 1.52. The van der Waals surface area contributed by atoms with E-state index in [4.69, 9.17) is 14.0 Å². The van der Waals surface area contributed by atoms with Gasteiger partial charge in [0.2, 0.25) is 0 Å². The molecule has 2 N–H and O–H groups in total. The summed E-state index contributed by atoms with van der Waals surface area (Å²) in [6, 6.07) is 16.0. The van der Waals surface area contributed by atoms with Crippen LogP contribution < -0.4 is 10.6 Å². The third-order valence-electron chi connectivity index (χ3n) is 6.72. The van der Waals surface area contributed by atoms with E-state index < -0.39 is 24.4 Å². The zero-order chi connectivity index (χ0) is 23.5. The first-order chi connectivity index (χ1) is 15.7. The normalized spacial score (nSPS) is 19.2. The van der Waals surface area contributed by atoms with E-state index in [0.29, 0.717) is 0 Å². The van der Waals surface area contributed by atoms with E-state index >= 15 is 0 Å². The lowest BCUT2D eigenvalue weighted by Crippen LogP contribution is -2.41. The summed E-state index contributed by atoms with van der Waals surface area (Å²) < 4.78 is 18.0. The van der Waals surface area contributed by atoms with Gasteiger partial charge >= 0.3 is 13.2 Å². The van der Waals surface area contributed by atoms with Gasteiger partial charge in [-0.1, -0.05) is 54.6 Å². The molecule has 0 aliphatic carbocycles. The lowest BCUT2D eigenvalue weighted by molar-refractivity contribution is 0.00578. The second-order valence-electron chi connectivity index (χ2n) is 9.63. The average molecular weight is 448 g/mol. The van der Waals surface area contributed by atoms with Crippen LogP contribution >= 0.6 is 0 Å². The highest BCUT2D eigenvalue weighted by molar-refractivity contribution is 6.56. The molecule has 0 unspecified atom stereocenters. The SMILES string of the molecule is CC1(C)OB(C(=Cc2cccc3c2CCNC3)CNC(=O)OCc2ccccc2)OC1(C)C. The van der Waals surface area contributed by atoms with Gasteiger partial charge in [-0.15, -0.1) is 0 Å². The second-order valence-corrected chi connectivity index (χ2v) is 9.63. The van der Waals surface area contributed by atoms with Crippen molar-refractivity contribution in [2.75, 3.05) is 13.1 Å². The molecule has 0 atom stereocenters. The molecule has 1 amide bonds. The molecule has 1 saturated heterocycles. The molecule has 1 fully saturated rings. The Labute approximate surface area is 196 Å². The minimum Gasteiger partial charge on any atom is -0.445 e. The minimum atomic E-state index is -0.554. The molecule has 2 aliphatic heterocycles. The third-order valence-corrected chi connectivity index (χ3v) is 6.72. The van der Waals surface area contributed by atoms with E-state index in [0.717, 1.165) is 36.1 Å². The van der Waals surface area contributed by atoms with Crippen molar-refractivity contribution in [1.29, 1.82) is 0 Å². The largest absolute Gasteiger partial charge is 0.492 e. The van der Waals surface area contributed by atoms with Gasteiger partial charge in [-0.3, -0.25) is 0 Å². The van der Waals surface area contributed by atoms with Gasteiger partial charge in [0.1, 0.15) is 6.61 Å². The molecule has 2 aromatic rings. The van der Waals surface area contributed by atoms with Crippen molar-refractivity contribution >= 4 is 19.3 Å². The molecule has 6 nitrogen and oxygen atoms in total. The van der Waals surface area contributed by atoms with Crippen LogP contribution in [-0.2, 0) is 33.6 Å². The number of amides is 1. The molecule has 0 saturated carbocycles. The number of carbonyl (C=O) groups is 1. The summed E-state index contributed by atoms with van der Waals surface area (Å²) in [6.07, 6.45) is 2.59. The van der Waals surface area contributed by atoms with Crippen LogP contribution in [0.4, 0.5) is 4.79 Å². The molecule has 174 valence electrons.